The second-order valence-electron chi connectivity index (χ2n) is 10.7. The quantitative estimate of drug-likeness (QED) is 0.372. The number of hydrogen-bond donors (Lipinski definition) is 2. The van der Waals surface area contributed by atoms with Crippen LogP contribution < -0.4 is 5.32 Å². The molecule has 1 amide bonds. The van der Waals surface area contributed by atoms with E-state index >= 15 is 0 Å². The molecule has 0 bridgehead atoms. The maximum Gasteiger partial charge on any atom is 0.291 e. The summed E-state index contributed by atoms with van der Waals surface area (Å²) in [5, 5.41) is 10.8. The molecule has 0 saturated carbocycles. The maximum atomic E-state index is 12.7. The van der Waals surface area contributed by atoms with Crippen molar-refractivity contribution in [1.29, 1.82) is 0 Å². The van der Waals surface area contributed by atoms with Crippen LogP contribution in [0.1, 0.15) is 79.1 Å². The molecule has 33 heavy (non-hydrogen) atoms. The zero-order valence-electron chi connectivity index (χ0n) is 20.0. The van der Waals surface area contributed by atoms with Crippen LogP contribution in [0.3, 0.4) is 0 Å². The Morgan fingerprint density at radius 3 is 2.52 bits per heavy atom. The molecule has 2 N–H and O–H groups in total. The van der Waals surface area contributed by atoms with Gasteiger partial charge in [0.1, 0.15) is 5.76 Å². The lowest BCUT2D eigenvalue weighted by molar-refractivity contribution is 0.0995. The van der Waals surface area contributed by atoms with E-state index in [1.54, 1.807) is 12.3 Å². The number of fused-ring (bicyclic) bond motifs is 2. The Labute approximate surface area is 194 Å². The number of furan rings is 1. The van der Waals surface area contributed by atoms with Gasteiger partial charge in [0.25, 0.3) is 5.91 Å². The summed E-state index contributed by atoms with van der Waals surface area (Å²) < 4.78 is 5.96. The summed E-state index contributed by atoms with van der Waals surface area (Å²) in [5.41, 5.74) is 7.44. The molecule has 2 aromatic carbocycles. The summed E-state index contributed by atoms with van der Waals surface area (Å²) in [6, 6.07) is 14.0. The molecule has 5 heteroatoms. The highest BCUT2D eigenvalue weighted by Crippen LogP contribution is 2.46. The van der Waals surface area contributed by atoms with Crippen LogP contribution in [0.25, 0.3) is 10.9 Å². The minimum atomic E-state index is -0.255. The number of anilines is 1. The summed E-state index contributed by atoms with van der Waals surface area (Å²) >= 11 is 0. The zero-order valence-corrected chi connectivity index (χ0v) is 20.0. The number of amides is 1. The van der Waals surface area contributed by atoms with Crippen molar-refractivity contribution >= 4 is 22.5 Å². The summed E-state index contributed by atoms with van der Waals surface area (Å²) in [6.45, 7) is 11.6. The molecule has 0 atom stereocenters. The van der Waals surface area contributed by atoms with E-state index in [-0.39, 0.29) is 16.7 Å². The first kappa shape index (κ1) is 21.5. The summed E-state index contributed by atoms with van der Waals surface area (Å²) in [7, 11) is 0. The number of nitrogens with one attached hydrogen (secondary N) is 2. The van der Waals surface area contributed by atoms with E-state index in [0.717, 1.165) is 16.7 Å². The van der Waals surface area contributed by atoms with Crippen molar-refractivity contribution in [1.82, 2.24) is 10.2 Å². The Hall–Kier alpha value is -3.34. The van der Waals surface area contributed by atoms with Crippen LogP contribution in [-0.4, -0.2) is 16.1 Å². The third-order valence-corrected chi connectivity index (χ3v) is 7.26. The van der Waals surface area contributed by atoms with Crippen molar-refractivity contribution in [3.8, 4) is 0 Å². The number of carbonyl (C=O) groups excluding carboxylic acids is 1. The number of aryl methyl sites for hydroxylation is 1. The first-order chi connectivity index (χ1) is 15.6. The molecule has 1 aliphatic rings. The lowest BCUT2D eigenvalue weighted by atomic mass is 9.62. The molecule has 5 rings (SSSR count). The molecule has 4 aromatic rings. The Kier molecular flexibility index (Phi) is 4.96. The van der Waals surface area contributed by atoms with Crippen molar-refractivity contribution in [3.63, 3.8) is 0 Å². The molecular formula is C28H31N3O2. The molecule has 170 valence electrons. The molecular weight excluding hydrogens is 410 g/mol. The van der Waals surface area contributed by atoms with Gasteiger partial charge in [-0.1, -0.05) is 39.8 Å². The van der Waals surface area contributed by atoms with Crippen molar-refractivity contribution in [3.05, 3.63) is 82.4 Å². The Bertz CT molecular complexity index is 1360. The predicted octanol–water partition coefficient (Wildman–Crippen LogP) is 6.66. The monoisotopic (exact) mass is 441 g/mol. The number of nitrogens with zero attached hydrogens (tertiary/aromatic N) is 1. The lowest BCUT2D eigenvalue weighted by Crippen LogP contribution is -2.34. The molecule has 2 aromatic heterocycles. The molecule has 5 nitrogen and oxygen atoms in total. The third kappa shape index (κ3) is 3.97. The molecule has 2 heterocycles. The summed E-state index contributed by atoms with van der Waals surface area (Å²) in [6.07, 6.45) is 4.80. The topological polar surface area (TPSA) is 70.9 Å². The van der Waals surface area contributed by atoms with Crippen molar-refractivity contribution < 1.29 is 9.21 Å². The second-order valence-corrected chi connectivity index (χ2v) is 10.7. The van der Waals surface area contributed by atoms with Gasteiger partial charge in [-0.2, -0.15) is 5.10 Å². The molecule has 0 unspecified atom stereocenters. The van der Waals surface area contributed by atoms with Gasteiger partial charge in [0.05, 0.1) is 11.7 Å². The summed E-state index contributed by atoms with van der Waals surface area (Å²) in [4.78, 5) is 12.7. The molecule has 1 aliphatic carbocycles. The van der Waals surface area contributed by atoms with Crippen molar-refractivity contribution in [2.45, 2.75) is 64.7 Å². The predicted molar refractivity (Wildman–Crippen MR) is 132 cm³/mol. The second kappa shape index (κ2) is 7.62. The number of aromatic amines is 1. The number of aromatic nitrogens is 2. The van der Waals surface area contributed by atoms with Crippen LogP contribution >= 0.6 is 0 Å². The third-order valence-electron chi connectivity index (χ3n) is 7.26. The van der Waals surface area contributed by atoms with E-state index in [1.165, 1.54) is 35.1 Å². The van der Waals surface area contributed by atoms with Crippen LogP contribution in [0.4, 0.5) is 5.69 Å². The van der Waals surface area contributed by atoms with E-state index in [4.69, 9.17) is 4.42 Å². The molecule has 0 radical (unpaired) electrons. The van der Waals surface area contributed by atoms with Crippen molar-refractivity contribution in [2.75, 3.05) is 5.32 Å². The van der Waals surface area contributed by atoms with Gasteiger partial charge in [-0.25, -0.2) is 0 Å². The fourth-order valence-electron chi connectivity index (χ4n) is 4.95. The normalized spacial score (nSPS) is 16.5. The maximum absolute atomic E-state index is 12.7. The molecule has 0 aliphatic heterocycles. The average molecular weight is 442 g/mol. The Balaban J connectivity index is 1.37. The van der Waals surface area contributed by atoms with E-state index in [9.17, 15) is 4.79 Å². The molecule has 0 fully saturated rings. The standard InChI is InChI=1S/C28H31N3O2/c1-17-12-22-23(28(4,5)11-10-27(22,2)3)15-18(17)14-21-7-9-25(33-21)26(32)30-20-6-8-24-19(13-20)16-29-31-24/h6-9,12-13,15-16H,10-11,14H2,1-5H3,(H,29,31)(H,30,32). The highest BCUT2D eigenvalue weighted by molar-refractivity contribution is 6.03. The highest BCUT2D eigenvalue weighted by atomic mass is 16.3. The van der Waals surface area contributed by atoms with Crippen LogP contribution in [0.2, 0.25) is 0 Å². The highest BCUT2D eigenvalue weighted by Gasteiger charge is 2.37. The fraction of sp³-hybridized carbons (Fsp3) is 0.357. The summed E-state index contributed by atoms with van der Waals surface area (Å²) in [5.74, 6) is 0.852. The largest absolute Gasteiger partial charge is 0.456 e. The first-order valence-corrected chi connectivity index (χ1v) is 11.6. The van der Waals surface area contributed by atoms with Gasteiger partial charge in [-0.3, -0.25) is 9.89 Å². The van der Waals surface area contributed by atoms with Crippen LogP contribution in [0, 0.1) is 6.92 Å². The lowest BCUT2D eigenvalue weighted by Gasteiger charge is -2.42. The number of rotatable bonds is 4. The number of carbonyl (C=O) groups is 1. The van der Waals surface area contributed by atoms with Gasteiger partial charge in [-0.15, -0.1) is 0 Å². The fourth-order valence-corrected chi connectivity index (χ4v) is 4.95. The molecule has 0 saturated heterocycles. The number of H-pyrrole nitrogens is 1. The van der Waals surface area contributed by atoms with Gasteiger partial charge in [-0.05, 0) is 83.2 Å². The number of hydrogen-bond acceptors (Lipinski definition) is 3. The SMILES string of the molecule is Cc1cc2c(cc1Cc1ccc(C(=O)Nc3ccc4[nH]ncc4c3)o1)C(C)(C)CCC2(C)C. The molecule has 0 spiro atoms. The van der Waals surface area contributed by atoms with Crippen LogP contribution in [0.15, 0.2) is 53.1 Å². The first-order valence-electron chi connectivity index (χ1n) is 11.6. The van der Waals surface area contributed by atoms with Gasteiger partial charge in [0.2, 0.25) is 0 Å². The van der Waals surface area contributed by atoms with Gasteiger partial charge in [0, 0.05) is 17.5 Å². The van der Waals surface area contributed by atoms with E-state index in [2.05, 4.69) is 62.3 Å². The van der Waals surface area contributed by atoms with E-state index < -0.39 is 0 Å². The van der Waals surface area contributed by atoms with Gasteiger partial charge < -0.3 is 9.73 Å². The van der Waals surface area contributed by atoms with E-state index in [0.29, 0.717) is 17.9 Å². The Morgan fingerprint density at radius 2 is 1.76 bits per heavy atom. The van der Waals surface area contributed by atoms with Crippen molar-refractivity contribution in [2.24, 2.45) is 0 Å². The number of benzene rings is 2. The zero-order chi connectivity index (χ0) is 23.4. The smallest absolute Gasteiger partial charge is 0.291 e. The Morgan fingerprint density at radius 1 is 1.03 bits per heavy atom. The minimum absolute atomic E-state index is 0.164. The van der Waals surface area contributed by atoms with Gasteiger partial charge in [0.15, 0.2) is 5.76 Å². The van der Waals surface area contributed by atoms with E-state index in [1.807, 2.05) is 24.3 Å². The average Bonchev–Trinajstić information content (AvgIpc) is 3.42. The van der Waals surface area contributed by atoms with Gasteiger partial charge >= 0.3 is 0 Å². The van der Waals surface area contributed by atoms with Crippen LogP contribution in [-0.2, 0) is 17.3 Å². The minimum Gasteiger partial charge on any atom is -0.456 e. The van der Waals surface area contributed by atoms with Crippen LogP contribution in [0.5, 0.6) is 0 Å².